The Hall–Kier alpha value is -2.15. The second-order valence-corrected chi connectivity index (χ2v) is 6.38. The molecule has 3 heterocycles. The molecule has 0 bridgehead atoms. The van der Waals surface area contributed by atoms with E-state index in [0.29, 0.717) is 17.9 Å². The van der Waals surface area contributed by atoms with Gasteiger partial charge in [0.1, 0.15) is 5.82 Å². The fourth-order valence-corrected chi connectivity index (χ4v) is 3.10. The SMILES string of the molecule is CC(=O)Nc1ccn([C@H]2CCN(Cc3nccn3C(C)C)C2)n1. The first-order valence-electron chi connectivity index (χ1n) is 8.09. The van der Waals surface area contributed by atoms with Crippen LogP contribution in [0.25, 0.3) is 0 Å². The Morgan fingerprint density at radius 3 is 3.00 bits per heavy atom. The number of imidazole rings is 1. The summed E-state index contributed by atoms with van der Waals surface area (Å²) in [7, 11) is 0. The molecule has 2 aromatic rings. The average Bonchev–Trinajstić information content (AvgIpc) is 3.18. The second-order valence-electron chi connectivity index (χ2n) is 6.38. The van der Waals surface area contributed by atoms with Crippen LogP contribution in [-0.2, 0) is 11.3 Å². The van der Waals surface area contributed by atoms with Crippen molar-refractivity contribution in [3.05, 3.63) is 30.5 Å². The van der Waals surface area contributed by atoms with E-state index in [4.69, 9.17) is 0 Å². The number of amides is 1. The first kappa shape index (κ1) is 15.7. The molecule has 23 heavy (non-hydrogen) atoms. The maximum absolute atomic E-state index is 11.1. The zero-order valence-electron chi connectivity index (χ0n) is 13.9. The maximum atomic E-state index is 11.1. The van der Waals surface area contributed by atoms with E-state index >= 15 is 0 Å². The van der Waals surface area contributed by atoms with Crippen LogP contribution < -0.4 is 5.32 Å². The van der Waals surface area contributed by atoms with E-state index in [2.05, 4.69) is 38.7 Å². The van der Waals surface area contributed by atoms with Crippen LogP contribution in [0.4, 0.5) is 5.82 Å². The van der Waals surface area contributed by atoms with Gasteiger partial charge in [-0.25, -0.2) is 4.98 Å². The van der Waals surface area contributed by atoms with E-state index in [9.17, 15) is 4.79 Å². The zero-order valence-corrected chi connectivity index (χ0v) is 13.9. The van der Waals surface area contributed by atoms with Crippen LogP contribution in [0.1, 0.15) is 45.1 Å². The molecule has 0 aliphatic carbocycles. The molecular weight excluding hydrogens is 292 g/mol. The summed E-state index contributed by atoms with van der Waals surface area (Å²) in [5, 5.41) is 7.17. The van der Waals surface area contributed by atoms with Gasteiger partial charge in [0.25, 0.3) is 0 Å². The molecule has 1 N–H and O–H groups in total. The molecule has 1 aliphatic heterocycles. The Morgan fingerprint density at radius 2 is 2.26 bits per heavy atom. The van der Waals surface area contributed by atoms with Gasteiger partial charge in [0, 0.05) is 50.7 Å². The first-order chi connectivity index (χ1) is 11.0. The summed E-state index contributed by atoms with van der Waals surface area (Å²) >= 11 is 0. The third-order valence-electron chi connectivity index (χ3n) is 4.20. The molecule has 124 valence electrons. The molecule has 1 saturated heterocycles. The highest BCUT2D eigenvalue weighted by Gasteiger charge is 2.25. The predicted octanol–water partition coefficient (Wildman–Crippen LogP) is 2.07. The lowest BCUT2D eigenvalue weighted by atomic mass is 10.3. The van der Waals surface area contributed by atoms with Gasteiger partial charge in [-0.3, -0.25) is 14.4 Å². The van der Waals surface area contributed by atoms with Crippen molar-refractivity contribution < 1.29 is 4.79 Å². The monoisotopic (exact) mass is 316 g/mol. The van der Waals surface area contributed by atoms with Gasteiger partial charge < -0.3 is 9.88 Å². The highest BCUT2D eigenvalue weighted by Crippen LogP contribution is 2.23. The fraction of sp³-hybridized carbons (Fsp3) is 0.562. The minimum absolute atomic E-state index is 0.0937. The number of carbonyl (C=O) groups is 1. The van der Waals surface area contributed by atoms with Gasteiger partial charge >= 0.3 is 0 Å². The maximum Gasteiger partial charge on any atom is 0.222 e. The number of rotatable bonds is 5. The molecule has 1 aliphatic rings. The molecule has 7 heteroatoms. The standard InChI is InChI=1S/C16H24N6O/c1-12(2)21-9-6-17-16(21)11-20-7-4-14(10-20)22-8-5-15(19-22)18-13(3)23/h5-6,8-9,12,14H,4,7,10-11H2,1-3H3,(H,18,19,23)/t14-/m0/s1. The third-order valence-corrected chi connectivity index (χ3v) is 4.20. The molecule has 1 fully saturated rings. The number of nitrogens with zero attached hydrogens (tertiary/aromatic N) is 5. The first-order valence-corrected chi connectivity index (χ1v) is 8.09. The van der Waals surface area contributed by atoms with E-state index in [-0.39, 0.29) is 5.91 Å². The largest absolute Gasteiger partial charge is 0.331 e. The van der Waals surface area contributed by atoms with Crippen LogP contribution >= 0.6 is 0 Å². The van der Waals surface area contributed by atoms with Crippen molar-refractivity contribution in [2.75, 3.05) is 18.4 Å². The molecule has 0 saturated carbocycles. The predicted molar refractivity (Wildman–Crippen MR) is 88.1 cm³/mol. The van der Waals surface area contributed by atoms with Crippen molar-refractivity contribution in [1.29, 1.82) is 0 Å². The molecule has 0 aromatic carbocycles. The Balaban J connectivity index is 1.61. The van der Waals surface area contributed by atoms with Crippen LogP contribution in [-0.4, -0.2) is 43.2 Å². The number of carbonyl (C=O) groups excluding carboxylic acids is 1. The summed E-state index contributed by atoms with van der Waals surface area (Å²) in [5.41, 5.74) is 0. The van der Waals surface area contributed by atoms with Crippen molar-refractivity contribution in [2.45, 2.75) is 45.8 Å². The molecule has 1 atom stereocenters. The normalized spacial score (nSPS) is 18.7. The van der Waals surface area contributed by atoms with E-state index in [1.54, 1.807) is 0 Å². The van der Waals surface area contributed by atoms with Gasteiger partial charge in [0.2, 0.25) is 5.91 Å². The van der Waals surface area contributed by atoms with E-state index < -0.39 is 0 Å². The zero-order chi connectivity index (χ0) is 16.4. The summed E-state index contributed by atoms with van der Waals surface area (Å²) in [5.74, 6) is 1.63. The number of anilines is 1. The lowest BCUT2D eigenvalue weighted by molar-refractivity contribution is -0.114. The van der Waals surface area contributed by atoms with Gasteiger partial charge in [-0.05, 0) is 20.3 Å². The topological polar surface area (TPSA) is 68.0 Å². The van der Waals surface area contributed by atoms with Gasteiger partial charge in [-0.2, -0.15) is 5.10 Å². The van der Waals surface area contributed by atoms with Crippen LogP contribution in [0.3, 0.4) is 0 Å². The Kier molecular flexibility index (Phi) is 4.47. The molecular formula is C16H24N6O. The Morgan fingerprint density at radius 1 is 1.43 bits per heavy atom. The Labute approximate surface area is 136 Å². The molecule has 0 unspecified atom stereocenters. The highest BCUT2D eigenvalue weighted by atomic mass is 16.1. The number of nitrogens with one attached hydrogen (secondary N) is 1. The van der Waals surface area contributed by atoms with E-state index in [1.807, 2.05) is 29.3 Å². The van der Waals surface area contributed by atoms with Crippen molar-refractivity contribution in [3.8, 4) is 0 Å². The molecule has 7 nitrogen and oxygen atoms in total. The van der Waals surface area contributed by atoms with Crippen LogP contribution in [0.15, 0.2) is 24.7 Å². The molecule has 2 aromatic heterocycles. The summed E-state index contributed by atoms with van der Waals surface area (Å²) in [4.78, 5) is 18.0. The average molecular weight is 316 g/mol. The second kappa shape index (κ2) is 6.54. The van der Waals surface area contributed by atoms with Gasteiger partial charge in [0.05, 0.1) is 12.6 Å². The minimum atomic E-state index is -0.0937. The van der Waals surface area contributed by atoms with Gasteiger partial charge in [-0.1, -0.05) is 0 Å². The van der Waals surface area contributed by atoms with Crippen molar-refractivity contribution >= 4 is 11.7 Å². The molecule has 3 rings (SSSR count). The van der Waals surface area contributed by atoms with Crippen molar-refractivity contribution in [1.82, 2.24) is 24.2 Å². The quantitative estimate of drug-likeness (QED) is 0.917. The summed E-state index contributed by atoms with van der Waals surface area (Å²) in [6.07, 6.45) is 6.91. The molecule has 0 spiro atoms. The number of likely N-dealkylation sites (tertiary alicyclic amines) is 1. The smallest absolute Gasteiger partial charge is 0.222 e. The van der Waals surface area contributed by atoms with Crippen LogP contribution in [0.2, 0.25) is 0 Å². The van der Waals surface area contributed by atoms with Gasteiger partial charge in [0.15, 0.2) is 5.82 Å². The van der Waals surface area contributed by atoms with E-state index in [0.717, 1.165) is 31.9 Å². The van der Waals surface area contributed by atoms with Crippen molar-refractivity contribution in [2.24, 2.45) is 0 Å². The summed E-state index contributed by atoms with van der Waals surface area (Å²) in [6, 6.07) is 2.62. The number of aromatic nitrogens is 4. The number of hydrogen-bond donors (Lipinski definition) is 1. The molecule has 1 amide bonds. The van der Waals surface area contributed by atoms with Crippen molar-refractivity contribution in [3.63, 3.8) is 0 Å². The van der Waals surface area contributed by atoms with Crippen LogP contribution in [0.5, 0.6) is 0 Å². The van der Waals surface area contributed by atoms with Crippen LogP contribution in [0, 0.1) is 0 Å². The summed E-state index contributed by atoms with van der Waals surface area (Å²) in [6.45, 7) is 8.68. The van der Waals surface area contributed by atoms with Gasteiger partial charge in [-0.15, -0.1) is 0 Å². The number of hydrogen-bond acceptors (Lipinski definition) is 4. The van der Waals surface area contributed by atoms with E-state index in [1.165, 1.54) is 6.92 Å². The molecule has 0 radical (unpaired) electrons. The lowest BCUT2D eigenvalue weighted by Crippen LogP contribution is -2.24. The lowest BCUT2D eigenvalue weighted by Gasteiger charge is -2.18. The third kappa shape index (κ3) is 3.61. The highest BCUT2D eigenvalue weighted by molar-refractivity contribution is 5.87. The fourth-order valence-electron chi connectivity index (χ4n) is 3.10. The minimum Gasteiger partial charge on any atom is -0.331 e. The summed E-state index contributed by atoms with van der Waals surface area (Å²) < 4.78 is 4.18. The Bertz CT molecular complexity index is 674.